The van der Waals surface area contributed by atoms with Crippen LogP contribution in [-0.4, -0.2) is 83.6 Å². The molecule has 2 amide bonds. The zero-order chi connectivity index (χ0) is 28.3. The van der Waals surface area contributed by atoms with Gasteiger partial charge in [-0.3, -0.25) is 19.3 Å². The first kappa shape index (κ1) is 28.8. The summed E-state index contributed by atoms with van der Waals surface area (Å²) in [4.78, 5) is 60.5. The number of anilines is 1. The molecule has 0 spiro atoms. The highest BCUT2D eigenvalue weighted by molar-refractivity contribution is 8.01. The van der Waals surface area contributed by atoms with E-state index in [2.05, 4.69) is 24.8 Å². The van der Waals surface area contributed by atoms with E-state index in [4.69, 9.17) is 15.2 Å². The van der Waals surface area contributed by atoms with Gasteiger partial charge in [0.05, 0.1) is 5.41 Å². The van der Waals surface area contributed by atoms with Gasteiger partial charge in [0.25, 0.3) is 11.8 Å². The topological polar surface area (TPSA) is 199 Å². The molecular weight excluding hydrogens is 591 g/mol. The zero-order valence-corrected chi connectivity index (χ0v) is 24.0. The molecule has 4 N–H and O–H groups in total. The maximum Gasteiger partial charge on any atom is 0.357 e. The smallest absolute Gasteiger partial charge is 0.357 e. The van der Waals surface area contributed by atoms with E-state index < -0.39 is 53.1 Å². The number of β-lactam (4-membered cyclic amide) rings is 1. The fourth-order valence-electron chi connectivity index (χ4n) is 3.40. The number of carbonyl (C=O) groups is 4. The first-order valence-corrected chi connectivity index (χ1v) is 14.8. The lowest BCUT2D eigenvalue weighted by atomic mass is 9.98. The second-order valence-electron chi connectivity index (χ2n) is 9.06. The molecular formula is C21H23N7O7S4. The Balaban J connectivity index is 1.49. The molecule has 0 radical (unpaired) electrons. The second-order valence-corrected chi connectivity index (χ2v) is 13.1. The molecule has 18 heteroatoms. The van der Waals surface area contributed by atoms with Crippen molar-refractivity contribution in [2.45, 2.75) is 36.5 Å². The van der Waals surface area contributed by atoms with Crippen LogP contribution in [0.3, 0.4) is 0 Å². The first-order chi connectivity index (χ1) is 18.5. The van der Waals surface area contributed by atoms with Crippen LogP contribution in [0.25, 0.3) is 0 Å². The number of nitrogens with one attached hydrogen (secondary N) is 1. The highest BCUT2D eigenvalue weighted by atomic mass is 32.2. The minimum atomic E-state index is -1.01. The van der Waals surface area contributed by atoms with Crippen LogP contribution >= 0.6 is 46.4 Å². The highest BCUT2D eigenvalue weighted by Crippen LogP contribution is 2.42. The number of hydrogen-bond acceptors (Lipinski definition) is 16. The molecule has 4 heterocycles. The number of esters is 2. The summed E-state index contributed by atoms with van der Waals surface area (Å²) in [6.45, 7) is 4.36. The lowest BCUT2D eigenvalue weighted by molar-refractivity contribution is -0.173. The average Bonchev–Trinajstić information content (AvgIpc) is 3.57. The number of fused-ring (bicyclic) bond motifs is 1. The predicted octanol–water partition coefficient (Wildman–Crippen LogP) is 1.29. The fraction of sp³-hybridized carbons (Fsp3) is 0.429. The van der Waals surface area contributed by atoms with Crippen molar-refractivity contribution in [3.05, 3.63) is 28.7 Å². The molecule has 0 aromatic carbocycles. The Morgan fingerprint density at radius 1 is 1.33 bits per heavy atom. The van der Waals surface area contributed by atoms with Crippen LogP contribution in [0.4, 0.5) is 5.13 Å². The Morgan fingerprint density at radius 2 is 2.10 bits per heavy atom. The van der Waals surface area contributed by atoms with Crippen molar-refractivity contribution in [2.24, 2.45) is 10.6 Å². The number of thioether (sulfide) groups is 2. The molecule has 2 atom stereocenters. The Hall–Kier alpha value is -3.22. The summed E-state index contributed by atoms with van der Waals surface area (Å²) in [6.07, 6.45) is 1.42. The Kier molecular flexibility index (Phi) is 8.77. The molecule has 0 aliphatic carbocycles. The molecule has 4 rings (SSSR count). The van der Waals surface area contributed by atoms with Crippen LogP contribution in [0.1, 0.15) is 26.5 Å². The van der Waals surface area contributed by atoms with Crippen molar-refractivity contribution in [1.82, 2.24) is 24.6 Å². The van der Waals surface area contributed by atoms with E-state index >= 15 is 0 Å². The van der Waals surface area contributed by atoms with Gasteiger partial charge in [0.2, 0.25) is 6.79 Å². The number of nitrogen functional groups attached to an aromatic ring is 1. The number of aromatic nitrogens is 3. The molecule has 0 bridgehead atoms. The number of thiazole rings is 1. The van der Waals surface area contributed by atoms with Gasteiger partial charge in [0.1, 0.15) is 29.1 Å². The summed E-state index contributed by atoms with van der Waals surface area (Å²) in [7, 11) is 0. The van der Waals surface area contributed by atoms with Gasteiger partial charge in [0, 0.05) is 16.9 Å². The van der Waals surface area contributed by atoms with Gasteiger partial charge >= 0.3 is 11.9 Å². The number of carbonyl (C=O) groups excluding carboxylic acids is 4. The summed E-state index contributed by atoms with van der Waals surface area (Å²) in [6, 6.07) is -1.01. The maximum atomic E-state index is 13.2. The normalized spacial score (nSPS) is 19.3. The summed E-state index contributed by atoms with van der Waals surface area (Å²) >= 11 is 4.94. The molecule has 1 unspecified atom stereocenters. The van der Waals surface area contributed by atoms with Crippen molar-refractivity contribution >= 4 is 81.0 Å². The molecule has 2 aromatic heterocycles. The summed E-state index contributed by atoms with van der Waals surface area (Å²) < 4.78 is 14.9. The quantitative estimate of drug-likeness (QED) is 0.0696. The van der Waals surface area contributed by atoms with E-state index in [1.165, 1.54) is 51.7 Å². The molecule has 1 saturated heterocycles. The van der Waals surface area contributed by atoms with Crippen LogP contribution in [0, 0.1) is 5.41 Å². The second kappa shape index (κ2) is 11.9. The molecule has 2 aliphatic rings. The van der Waals surface area contributed by atoms with Crippen molar-refractivity contribution in [3.8, 4) is 0 Å². The third-order valence-electron chi connectivity index (χ3n) is 5.31. The molecule has 2 aliphatic heterocycles. The van der Waals surface area contributed by atoms with Gasteiger partial charge in [-0.15, -0.1) is 23.1 Å². The number of ether oxygens (including phenoxy) is 2. The molecule has 208 valence electrons. The van der Waals surface area contributed by atoms with Gasteiger partial charge in [-0.2, -0.15) is 4.37 Å². The number of nitrogens with two attached hydrogens (primary N) is 1. The third-order valence-corrected chi connectivity index (χ3v) is 9.21. The number of oxime groups is 1. The van der Waals surface area contributed by atoms with Crippen molar-refractivity contribution in [3.63, 3.8) is 0 Å². The van der Waals surface area contributed by atoms with Crippen LogP contribution in [0.5, 0.6) is 0 Å². The van der Waals surface area contributed by atoms with E-state index in [0.717, 1.165) is 11.3 Å². The van der Waals surface area contributed by atoms with E-state index in [-0.39, 0.29) is 16.5 Å². The van der Waals surface area contributed by atoms with Crippen LogP contribution in [-0.2, 0) is 28.7 Å². The minimum Gasteiger partial charge on any atom is -0.427 e. The van der Waals surface area contributed by atoms with E-state index in [0.29, 0.717) is 21.4 Å². The fourth-order valence-corrected chi connectivity index (χ4v) is 6.88. The summed E-state index contributed by atoms with van der Waals surface area (Å²) in [5.41, 5.74) is 5.08. The molecule has 14 nitrogen and oxygen atoms in total. The van der Waals surface area contributed by atoms with Crippen LogP contribution in [0.15, 0.2) is 32.5 Å². The number of hydrogen-bond donors (Lipinski definition) is 3. The van der Waals surface area contributed by atoms with Crippen LogP contribution < -0.4 is 11.1 Å². The van der Waals surface area contributed by atoms with E-state index in [9.17, 15) is 24.4 Å². The van der Waals surface area contributed by atoms with Crippen molar-refractivity contribution in [1.29, 1.82) is 0 Å². The van der Waals surface area contributed by atoms with Gasteiger partial charge in [-0.05, 0) is 37.9 Å². The van der Waals surface area contributed by atoms with Gasteiger partial charge in [-0.1, -0.05) is 16.9 Å². The average molecular weight is 614 g/mol. The summed E-state index contributed by atoms with van der Waals surface area (Å²) in [5.74, 6) is -2.12. The SMILES string of the molecule is CC(C)(C)C(=O)OCOC(=O)C1=C(CSc2ncns2)CS[C@@H]2C(NC(=O)/C(=N\O)c3csc(N)n3)C(=O)N12. The number of nitrogens with zero attached hydrogens (tertiary/aromatic N) is 5. The van der Waals surface area contributed by atoms with Gasteiger partial charge < -0.3 is 25.7 Å². The van der Waals surface area contributed by atoms with E-state index in [1.54, 1.807) is 20.8 Å². The molecule has 2 aromatic rings. The highest BCUT2D eigenvalue weighted by Gasteiger charge is 2.54. The van der Waals surface area contributed by atoms with E-state index in [1.807, 2.05) is 0 Å². The monoisotopic (exact) mass is 613 g/mol. The maximum absolute atomic E-state index is 13.2. The standard InChI is InChI=1S/C21H23N7O7S4/c1-21(2,3)18(32)35-8-34-17(31)13-9(5-38-20-23-7-24-39-20)4-36-16-12(15(30)28(13)16)26-14(29)11(27-33)10-6-37-19(22)25-10/h6-7,12,16,33H,4-5,8H2,1-3H3,(H2,22,25)(H,26,29)/b27-11-/t12?,16-/m1/s1. The third kappa shape index (κ3) is 6.34. The first-order valence-electron chi connectivity index (χ1n) is 11.2. The van der Waals surface area contributed by atoms with Gasteiger partial charge in [0.15, 0.2) is 15.2 Å². The molecule has 0 saturated carbocycles. The number of amides is 2. The lowest BCUT2D eigenvalue weighted by Gasteiger charge is -2.49. The lowest BCUT2D eigenvalue weighted by Crippen LogP contribution is -2.71. The Labute approximate surface area is 238 Å². The Bertz CT molecular complexity index is 1340. The van der Waals surface area contributed by atoms with Crippen molar-refractivity contribution in [2.75, 3.05) is 24.0 Å². The molecule has 39 heavy (non-hydrogen) atoms. The largest absolute Gasteiger partial charge is 0.427 e. The predicted molar refractivity (Wildman–Crippen MR) is 144 cm³/mol. The molecule has 1 fully saturated rings. The van der Waals surface area contributed by atoms with Crippen LogP contribution in [0.2, 0.25) is 0 Å². The summed E-state index contributed by atoms with van der Waals surface area (Å²) in [5, 5.41) is 15.9. The Morgan fingerprint density at radius 3 is 2.72 bits per heavy atom. The van der Waals surface area contributed by atoms with Gasteiger partial charge in [-0.25, -0.2) is 14.8 Å². The van der Waals surface area contributed by atoms with Crippen molar-refractivity contribution < 1.29 is 33.9 Å². The number of rotatable bonds is 9. The minimum absolute atomic E-state index is 0.0152. The zero-order valence-electron chi connectivity index (χ0n) is 20.8.